The van der Waals surface area contributed by atoms with Crippen molar-refractivity contribution in [1.29, 1.82) is 0 Å². The Morgan fingerprint density at radius 3 is 2.32 bits per heavy atom. The second kappa shape index (κ2) is 7.68. The first-order valence-electron chi connectivity index (χ1n) is 9.11. The van der Waals surface area contributed by atoms with Gasteiger partial charge < -0.3 is 10.6 Å². The summed E-state index contributed by atoms with van der Waals surface area (Å²) >= 11 is 0. The maximum absolute atomic E-state index is 12.5. The molecule has 25 heavy (non-hydrogen) atoms. The van der Waals surface area contributed by atoms with Crippen molar-refractivity contribution < 1.29 is 4.79 Å². The highest BCUT2D eigenvalue weighted by molar-refractivity contribution is 5.95. The number of anilines is 2. The maximum Gasteiger partial charge on any atom is 0.253 e. The average molecular weight is 337 g/mol. The lowest BCUT2D eigenvalue weighted by Crippen LogP contribution is -2.37. The fraction of sp³-hybridized carbons (Fsp3) is 0.429. The Morgan fingerprint density at radius 2 is 1.64 bits per heavy atom. The second-order valence-corrected chi connectivity index (χ2v) is 7.39. The van der Waals surface area contributed by atoms with Gasteiger partial charge in [0.1, 0.15) is 0 Å². The van der Waals surface area contributed by atoms with Crippen LogP contribution in [0.3, 0.4) is 0 Å². The van der Waals surface area contributed by atoms with Crippen LogP contribution in [0.4, 0.5) is 11.4 Å². The molecule has 1 aromatic carbocycles. The summed E-state index contributed by atoms with van der Waals surface area (Å²) in [5.74, 6) is 0.747. The molecule has 132 valence electrons. The number of nitrogens with zero attached hydrogens (tertiary/aromatic N) is 1. The molecule has 0 spiro atoms. The highest BCUT2D eigenvalue weighted by Gasteiger charge is 2.20. The van der Waals surface area contributed by atoms with Gasteiger partial charge in [-0.15, -0.1) is 0 Å². The molecule has 1 aliphatic carbocycles. The molecule has 4 nitrogen and oxygen atoms in total. The van der Waals surface area contributed by atoms with Gasteiger partial charge in [-0.25, -0.2) is 0 Å². The molecule has 1 heterocycles. The van der Waals surface area contributed by atoms with Gasteiger partial charge in [-0.1, -0.05) is 13.0 Å². The first-order valence-corrected chi connectivity index (χ1v) is 9.11. The van der Waals surface area contributed by atoms with Crippen LogP contribution in [0.1, 0.15) is 54.1 Å². The summed E-state index contributed by atoms with van der Waals surface area (Å²) in [6.07, 6.45) is 7.90. The minimum absolute atomic E-state index is 0.0314. The molecule has 1 amide bonds. The van der Waals surface area contributed by atoms with Crippen LogP contribution >= 0.6 is 0 Å². The molecule has 3 rings (SSSR count). The first kappa shape index (κ1) is 17.5. The smallest absolute Gasteiger partial charge is 0.253 e. The predicted octanol–water partition coefficient (Wildman–Crippen LogP) is 4.75. The van der Waals surface area contributed by atoms with E-state index in [1.807, 2.05) is 6.07 Å². The average Bonchev–Trinajstić information content (AvgIpc) is 2.56. The zero-order valence-corrected chi connectivity index (χ0v) is 15.3. The van der Waals surface area contributed by atoms with Crippen molar-refractivity contribution in [2.45, 2.75) is 52.5 Å². The number of aryl methyl sites for hydroxylation is 2. The Kier molecular flexibility index (Phi) is 5.37. The lowest BCUT2D eigenvalue weighted by Gasteiger charge is -2.26. The number of nitrogens with one attached hydrogen (secondary N) is 2. The van der Waals surface area contributed by atoms with Crippen molar-refractivity contribution in [2.24, 2.45) is 5.92 Å². The number of hydrogen-bond donors (Lipinski definition) is 2. The standard InChI is InChI=1S/C21H27N3O/c1-14-4-6-18(7-5-14)24-21(25)17-11-20(13-22-12-17)23-19-9-15(2)8-16(3)10-19/h8-14,18,23H,4-7H2,1-3H3,(H,24,25). The summed E-state index contributed by atoms with van der Waals surface area (Å²) < 4.78 is 0. The summed E-state index contributed by atoms with van der Waals surface area (Å²) in [4.78, 5) is 16.8. The number of aromatic nitrogens is 1. The monoisotopic (exact) mass is 337 g/mol. The van der Waals surface area contributed by atoms with Crippen molar-refractivity contribution in [3.8, 4) is 0 Å². The van der Waals surface area contributed by atoms with E-state index in [1.54, 1.807) is 12.4 Å². The van der Waals surface area contributed by atoms with Crippen molar-refractivity contribution >= 4 is 17.3 Å². The largest absolute Gasteiger partial charge is 0.354 e. The minimum Gasteiger partial charge on any atom is -0.354 e. The Balaban J connectivity index is 1.67. The van der Waals surface area contributed by atoms with E-state index in [9.17, 15) is 4.79 Å². The fourth-order valence-electron chi connectivity index (χ4n) is 3.52. The summed E-state index contributed by atoms with van der Waals surface area (Å²) in [6, 6.07) is 8.47. The SMILES string of the molecule is Cc1cc(C)cc(Nc2cncc(C(=O)NC3CCC(C)CC3)c2)c1. The molecule has 0 aliphatic heterocycles. The quantitative estimate of drug-likeness (QED) is 0.846. The zero-order chi connectivity index (χ0) is 17.8. The van der Waals surface area contributed by atoms with Gasteiger partial charge in [-0.3, -0.25) is 9.78 Å². The number of rotatable bonds is 4. The van der Waals surface area contributed by atoms with Gasteiger partial charge in [0.05, 0.1) is 17.4 Å². The topological polar surface area (TPSA) is 54.0 Å². The molecule has 2 aromatic rings. The molecule has 1 aliphatic rings. The molecule has 0 bridgehead atoms. The number of benzene rings is 1. The molecule has 2 N–H and O–H groups in total. The maximum atomic E-state index is 12.5. The van der Waals surface area contributed by atoms with E-state index in [4.69, 9.17) is 0 Å². The molecule has 0 radical (unpaired) electrons. The summed E-state index contributed by atoms with van der Waals surface area (Å²) in [7, 11) is 0. The van der Waals surface area contributed by atoms with Crippen LogP contribution in [0.2, 0.25) is 0 Å². The van der Waals surface area contributed by atoms with Crippen molar-refractivity contribution in [3.63, 3.8) is 0 Å². The number of carbonyl (C=O) groups is 1. The van der Waals surface area contributed by atoms with E-state index in [0.29, 0.717) is 11.6 Å². The minimum atomic E-state index is -0.0314. The highest BCUT2D eigenvalue weighted by Crippen LogP contribution is 2.24. The van der Waals surface area contributed by atoms with Crippen LogP contribution in [-0.4, -0.2) is 16.9 Å². The van der Waals surface area contributed by atoms with E-state index in [2.05, 4.69) is 54.6 Å². The van der Waals surface area contributed by atoms with Gasteiger partial charge in [0, 0.05) is 17.9 Å². The fourth-order valence-corrected chi connectivity index (χ4v) is 3.52. The molecule has 0 unspecified atom stereocenters. The van der Waals surface area contributed by atoms with Gasteiger partial charge >= 0.3 is 0 Å². The second-order valence-electron chi connectivity index (χ2n) is 7.39. The summed E-state index contributed by atoms with van der Waals surface area (Å²) in [5.41, 5.74) is 4.85. The molecule has 0 saturated heterocycles. The normalized spacial score (nSPS) is 20.1. The van der Waals surface area contributed by atoms with Crippen LogP contribution in [0.25, 0.3) is 0 Å². The Bertz CT molecular complexity index is 728. The van der Waals surface area contributed by atoms with Crippen molar-refractivity contribution in [2.75, 3.05) is 5.32 Å². The molecular weight excluding hydrogens is 310 g/mol. The lowest BCUT2D eigenvalue weighted by molar-refractivity contribution is 0.0922. The predicted molar refractivity (Wildman–Crippen MR) is 102 cm³/mol. The van der Waals surface area contributed by atoms with Gasteiger partial charge in [0.25, 0.3) is 5.91 Å². The molecular formula is C21H27N3O. The third-order valence-electron chi connectivity index (χ3n) is 4.86. The van der Waals surface area contributed by atoms with Crippen molar-refractivity contribution in [1.82, 2.24) is 10.3 Å². The molecule has 4 heteroatoms. The molecule has 1 saturated carbocycles. The molecule has 1 aromatic heterocycles. The van der Waals surface area contributed by atoms with E-state index in [-0.39, 0.29) is 5.91 Å². The Labute approximate surface area is 150 Å². The zero-order valence-electron chi connectivity index (χ0n) is 15.3. The lowest BCUT2D eigenvalue weighted by atomic mass is 9.87. The van der Waals surface area contributed by atoms with E-state index >= 15 is 0 Å². The van der Waals surface area contributed by atoms with Gasteiger partial charge in [0.15, 0.2) is 0 Å². The van der Waals surface area contributed by atoms with Gasteiger partial charge in [-0.2, -0.15) is 0 Å². The first-order chi connectivity index (χ1) is 12.0. The van der Waals surface area contributed by atoms with Crippen LogP contribution < -0.4 is 10.6 Å². The third-order valence-corrected chi connectivity index (χ3v) is 4.86. The van der Waals surface area contributed by atoms with E-state index in [1.165, 1.54) is 24.0 Å². The Morgan fingerprint density at radius 1 is 0.960 bits per heavy atom. The Hall–Kier alpha value is -2.36. The molecule has 0 atom stereocenters. The van der Waals surface area contributed by atoms with E-state index < -0.39 is 0 Å². The number of amides is 1. The number of carbonyl (C=O) groups excluding carboxylic acids is 1. The number of hydrogen-bond acceptors (Lipinski definition) is 3. The van der Waals surface area contributed by atoms with Crippen LogP contribution in [0.5, 0.6) is 0 Å². The van der Waals surface area contributed by atoms with Crippen LogP contribution in [-0.2, 0) is 0 Å². The summed E-state index contributed by atoms with van der Waals surface area (Å²) in [5, 5.41) is 6.51. The van der Waals surface area contributed by atoms with Crippen LogP contribution in [0, 0.1) is 19.8 Å². The highest BCUT2D eigenvalue weighted by atomic mass is 16.1. The van der Waals surface area contributed by atoms with Gasteiger partial charge in [-0.05, 0) is 74.8 Å². The van der Waals surface area contributed by atoms with Crippen molar-refractivity contribution in [3.05, 3.63) is 53.3 Å². The van der Waals surface area contributed by atoms with E-state index in [0.717, 1.165) is 30.1 Å². The molecule has 1 fully saturated rings. The third kappa shape index (κ3) is 4.81. The number of pyridine rings is 1. The summed E-state index contributed by atoms with van der Waals surface area (Å²) in [6.45, 7) is 6.43. The van der Waals surface area contributed by atoms with Crippen LogP contribution in [0.15, 0.2) is 36.7 Å². The van der Waals surface area contributed by atoms with Gasteiger partial charge in [0.2, 0.25) is 0 Å².